The number of amides is 3. The molecule has 10 atom stereocenters. The molecule has 12 N–H and O–H groups in total. The van der Waals surface area contributed by atoms with E-state index >= 15 is 0 Å². The van der Waals surface area contributed by atoms with Gasteiger partial charge in [0.2, 0.25) is 24.4 Å². The maximum Gasteiger partial charge on any atom is 0.335 e. The fourth-order valence-electron chi connectivity index (χ4n) is 8.41. The molecule has 2 aliphatic heterocycles. The minimum atomic E-state index is -1.97. The van der Waals surface area contributed by atoms with Gasteiger partial charge in [-0.25, -0.2) is 10.7 Å². The highest BCUT2D eigenvalue weighted by Crippen LogP contribution is 2.30. The number of ketones is 2. The van der Waals surface area contributed by atoms with Crippen LogP contribution in [-0.4, -0.2) is 250 Å². The first-order chi connectivity index (χ1) is 42.7. The average molecular weight is 1270 g/mol. The molecule has 0 aliphatic carbocycles. The molecule has 89 heavy (non-hydrogen) atoms. The summed E-state index contributed by atoms with van der Waals surface area (Å²) < 4.78 is 64.8. The Kier molecular flexibility index (Phi) is 35.2. The Labute approximate surface area is 512 Å². The first-order valence-electron chi connectivity index (χ1n) is 28.8. The molecule has 32 heteroatoms. The molecule has 0 radical (unpaired) electrons. The van der Waals surface area contributed by atoms with Gasteiger partial charge < -0.3 is 113 Å². The minimum absolute atomic E-state index is 0.00337. The molecule has 4 rings (SSSR count). The normalized spacial score (nSPS) is 21.0. The van der Waals surface area contributed by atoms with E-state index in [1.54, 1.807) is 6.07 Å². The van der Waals surface area contributed by atoms with Gasteiger partial charge >= 0.3 is 17.9 Å². The summed E-state index contributed by atoms with van der Waals surface area (Å²) in [4.78, 5) is 104. The number of nitrogens with one attached hydrogen (secondary N) is 3. The second-order valence-electron chi connectivity index (χ2n) is 20.2. The maximum absolute atomic E-state index is 13.4. The number of nitrogens with two attached hydrogens (primary N) is 1. The molecule has 500 valence electrons. The van der Waals surface area contributed by atoms with E-state index in [-0.39, 0.29) is 165 Å². The van der Waals surface area contributed by atoms with E-state index in [0.717, 1.165) is 0 Å². The van der Waals surface area contributed by atoms with E-state index in [1.165, 1.54) is 44.2 Å². The first-order valence-corrected chi connectivity index (χ1v) is 28.8. The molecule has 1 unspecified atom stereocenters. The van der Waals surface area contributed by atoms with Gasteiger partial charge in [0.1, 0.15) is 74.6 Å². The summed E-state index contributed by atoms with van der Waals surface area (Å²) in [5.41, 5.74) is 0.800. The van der Waals surface area contributed by atoms with Gasteiger partial charge in [-0.3, -0.25) is 33.6 Å². The van der Waals surface area contributed by atoms with Gasteiger partial charge in [-0.2, -0.15) is 0 Å². The molecule has 2 aromatic rings. The topological polar surface area (TPSA) is 460 Å². The summed E-state index contributed by atoms with van der Waals surface area (Å²) >= 11 is 0. The van der Waals surface area contributed by atoms with Crippen molar-refractivity contribution in [3.63, 3.8) is 0 Å². The fourth-order valence-corrected chi connectivity index (χ4v) is 8.41. The van der Waals surface area contributed by atoms with Gasteiger partial charge in [-0.1, -0.05) is 12.1 Å². The molecule has 0 saturated carbocycles. The quantitative estimate of drug-likeness (QED) is 0.0140. The predicted octanol–water partition coefficient (Wildman–Crippen LogP) is -2.60. The average Bonchev–Trinajstić information content (AvgIpc) is 1.57. The van der Waals surface area contributed by atoms with Gasteiger partial charge in [-0.15, -0.1) is 0 Å². The zero-order valence-electron chi connectivity index (χ0n) is 49.7. The number of hydrogen-bond acceptors (Lipinski definition) is 28. The second-order valence-corrected chi connectivity index (χ2v) is 20.2. The van der Waals surface area contributed by atoms with Crippen molar-refractivity contribution in [1.29, 1.82) is 0 Å². The summed E-state index contributed by atoms with van der Waals surface area (Å²) in [6, 6.07) is 7.65. The van der Waals surface area contributed by atoms with Crippen LogP contribution in [-0.2, 0) is 94.2 Å². The van der Waals surface area contributed by atoms with Crippen LogP contribution in [0.4, 0.5) is 0 Å². The van der Waals surface area contributed by atoms with Crippen LogP contribution in [0.5, 0.6) is 11.5 Å². The number of carbonyl (C=O) groups is 8. The number of unbranched alkanes of at least 4 members (excludes halogenated alkanes) is 1. The van der Waals surface area contributed by atoms with Crippen molar-refractivity contribution in [1.82, 2.24) is 16.0 Å². The predicted molar refractivity (Wildman–Crippen MR) is 301 cm³/mol. The van der Waals surface area contributed by atoms with Crippen LogP contribution in [0.25, 0.3) is 0 Å². The number of carboxylic acid groups (broad SMARTS) is 1. The monoisotopic (exact) mass is 1270 g/mol. The van der Waals surface area contributed by atoms with Crippen molar-refractivity contribution in [3.05, 3.63) is 58.7 Å². The lowest BCUT2D eigenvalue weighted by molar-refractivity contribution is -0.271. The van der Waals surface area contributed by atoms with Crippen LogP contribution < -0.4 is 31.3 Å². The zero-order valence-corrected chi connectivity index (χ0v) is 49.7. The summed E-state index contributed by atoms with van der Waals surface area (Å²) in [6.45, 7) is 2.89. The number of esters is 2. The lowest BCUT2D eigenvalue weighted by Gasteiger charge is -2.38. The minimum Gasteiger partial charge on any atom is -0.479 e. The number of Topliss-reactive ketones (excluding diaryl/α,β-unsaturated/α-hetero) is 2. The number of ether oxygens (including phenoxy) is 12. The third kappa shape index (κ3) is 28.1. The summed E-state index contributed by atoms with van der Waals surface area (Å²) in [7, 11) is 0. The van der Waals surface area contributed by atoms with E-state index < -0.39 is 97.0 Å². The maximum atomic E-state index is 13.4. The fraction of sp³-hybridized carbons (Fsp3) is 0.649. The van der Waals surface area contributed by atoms with Crippen LogP contribution >= 0.6 is 0 Å². The van der Waals surface area contributed by atoms with Gasteiger partial charge in [0.05, 0.1) is 83.2 Å². The van der Waals surface area contributed by atoms with Gasteiger partial charge in [0.25, 0.3) is 5.91 Å². The summed E-state index contributed by atoms with van der Waals surface area (Å²) in [5.74, 6) is -0.254. The van der Waals surface area contributed by atoms with Gasteiger partial charge in [0, 0.05) is 53.0 Å². The van der Waals surface area contributed by atoms with Crippen molar-refractivity contribution in [2.75, 3.05) is 106 Å². The Hall–Kier alpha value is -6.44. The third-order valence-electron chi connectivity index (χ3n) is 13.1. The standard InChI is InChI=1S/C57H84N4O28/c1-34(62)83-29-36-10-12-44(87-56-51(72)48(69)43(66)31-85-56)38(27-36)41(64)8-5-16-78-21-23-82-33-47(68)61-40(42(65)9-6-17-77-19-20-80-25-26-86-58)7-3-4-14-59-46(67)32-81-24-22-79-18-15-60-54(74)39-28-37(30-84-35(2)63)11-13-45(39)88-57-52(73)49(70)50(71)53(89-57)55(75)76/h10-13,27-28,40,43,48-53,56-57,66,69-73H,3-9,14-26,29-33,58H2,1-2H3,(H,59,67)(H,60,74)(H,61,68)(H,75,76)/t40-,43+,48-,49-,50-,51+,52+,53-,56-,57?/m0/s1. The Morgan fingerprint density at radius 2 is 1.11 bits per heavy atom. The highest BCUT2D eigenvalue weighted by Gasteiger charge is 2.48. The number of aliphatic hydroxyl groups is 6. The Balaban J connectivity index is 1.14. The van der Waals surface area contributed by atoms with E-state index in [1.807, 2.05) is 0 Å². The smallest absolute Gasteiger partial charge is 0.335 e. The number of carboxylic acids is 1. The molecule has 32 nitrogen and oxygen atoms in total. The first kappa shape index (κ1) is 75.0. The number of benzene rings is 2. The molecule has 0 bridgehead atoms. The molecular formula is C57H84N4O28. The number of rotatable bonds is 45. The molecular weight excluding hydrogens is 1190 g/mol. The number of carbonyl (C=O) groups excluding carboxylic acids is 7. The SMILES string of the molecule is CC(=O)OCc1ccc(O[C@@H]2OC[C@@H](O)[C@H](O)[C@H]2O)c(C(=O)CCCOCCOCC(=O)N[C@@H](CCCCNC(=O)COCCOCCNC(=O)c2cc(COC(C)=O)ccc2OC2O[C@H](C(=O)O)[C@@H](O)[C@H](O)[C@H]2O)C(=O)CCCOCCOCCON)c1. The molecule has 2 aromatic carbocycles. The molecule has 3 amide bonds. The van der Waals surface area contributed by atoms with Crippen molar-refractivity contribution < 1.29 is 136 Å². The molecule has 2 heterocycles. The van der Waals surface area contributed by atoms with Crippen LogP contribution in [0, 0.1) is 0 Å². The zero-order chi connectivity index (χ0) is 65.1. The highest BCUT2D eigenvalue weighted by atomic mass is 16.7. The highest BCUT2D eigenvalue weighted by molar-refractivity contribution is 5.99. The van der Waals surface area contributed by atoms with E-state index in [0.29, 0.717) is 43.6 Å². The Morgan fingerprint density at radius 1 is 0.573 bits per heavy atom. The summed E-state index contributed by atoms with van der Waals surface area (Å²) in [5, 5.41) is 78.5. The van der Waals surface area contributed by atoms with Crippen molar-refractivity contribution >= 4 is 47.2 Å². The second kappa shape index (κ2) is 41.8. The third-order valence-corrected chi connectivity index (χ3v) is 13.1. The lowest BCUT2D eigenvalue weighted by atomic mass is 9.99. The van der Waals surface area contributed by atoms with Crippen LogP contribution in [0.2, 0.25) is 0 Å². The van der Waals surface area contributed by atoms with E-state index in [9.17, 15) is 74.1 Å². The van der Waals surface area contributed by atoms with Crippen LogP contribution in [0.15, 0.2) is 36.4 Å². The van der Waals surface area contributed by atoms with Crippen molar-refractivity contribution in [2.24, 2.45) is 5.90 Å². The van der Waals surface area contributed by atoms with Gasteiger partial charge in [-0.05, 0) is 67.5 Å². The summed E-state index contributed by atoms with van der Waals surface area (Å²) in [6.07, 6.45) is -13.6. The molecule has 2 aliphatic rings. The lowest BCUT2D eigenvalue weighted by Crippen LogP contribution is -2.61. The van der Waals surface area contributed by atoms with Crippen molar-refractivity contribution in [2.45, 2.75) is 133 Å². The number of hydrogen-bond donors (Lipinski definition) is 11. The molecule has 2 fully saturated rings. The Morgan fingerprint density at radius 3 is 1.73 bits per heavy atom. The van der Waals surface area contributed by atoms with E-state index in [4.69, 9.17) is 62.7 Å². The largest absolute Gasteiger partial charge is 0.479 e. The molecule has 2 saturated heterocycles. The van der Waals surface area contributed by atoms with Gasteiger partial charge in [0.15, 0.2) is 17.7 Å². The molecule has 0 spiro atoms. The number of aliphatic hydroxyl groups excluding tert-OH is 6. The van der Waals surface area contributed by atoms with Crippen LogP contribution in [0.3, 0.4) is 0 Å². The Bertz CT molecular complexity index is 2530. The number of aliphatic carboxylic acids is 1. The van der Waals surface area contributed by atoms with Crippen molar-refractivity contribution in [3.8, 4) is 11.5 Å². The molecule has 0 aromatic heterocycles. The van der Waals surface area contributed by atoms with Crippen LogP contribution in [0.1, 0.15) is 90.6 Å². The van der Waals surface area contributed by atoms with E-state index in [2.05, 4.69) is 20.8 Å².